The van der Waals surface area contributed by atoms with Crippen LogP contribution in [0.3, 0.4) is 0 Å². The highest BCUT2D eigenvalue weighted by atomic mass is 35.5. The predicted molar refractivity (Wildman–Crippen MR) is 79.8 cm³/mol. The number of hydrogen-bond acceptors (Lipinski definition) is 3. The molecule has 1 aromatic rings. The molecule has 110 valence electrons. The summed E-state index contributed by atoms with van der Waals surface area (Å²) in [5, 5.41) is 3.72. The van der Waals surface area contributed by atoms with Crippen molar-refractivity contribution in [1.29, 1.82) is 0 Å². The zero-order valence-electron chi connectivity index (χ0n) is 11.7. The first kappa shape index (κ1) is 15.3. The summed E-state index contributed by atoms with van der Waals surface area (Å²) in [5.74, 6) is -0.0180. The van der Waals surface area contributed by atoms with Crippen LogP contribution in [-0.4, -0.2) is 32.2 Å². The van der Waals surface area contributed by atoms with Gasteiger partial charge in [-0.1, -0.05) is 23.7 Å². The maximum absolute atomic E-state index is 11.9. The van der Waals surface area contributed by atoms with Gasteiger partial charge in [0, 0.05) is 30.6 Å². The van der Waals surface area contributed by atoms with E-state index >= 15 is 0 Å². The molecule has 0 bridgehead atoms. The lowest BCUT2D eigenvalue weighted by Crippen LogP contribution is -2.36. The molecule has 1 aliphatic carbocycles. The first-order valence-electron chi connectivity index (χ1n) is 6.85. The van der Waals surface area contributed by atoms with Crippen LogP contribution in [0.25, 0.3) is 0 Å². The standard InChI is InChI=1S/C15H21ClN2O2/c1-20-13(9-17)8-14(19)18-10-15(5-6-15)11-3-2-4-12(16)7-11/h2-4,7,13H,5-6,8-10,17H2,1H3,(H,18,19). The molecule has 0 aromatic heterocycles. The Morgan fingerprint density at radius 1 is 1.55 bits per heavy atom. The second-order valence-electron chi connectivity index (χ2n) is 5.36. The maximum atomic E-state index is 11.9. The normalized spacial score (nSPS) is 17.6. The molecule has 0 spiro atoms. The van der Waals surface area contributed by atoms with E-state index in [0.29, 0.717) is 19.5 Å². The molecule has 1 saturated carbocycles. The van der Waals surface area contributed by atoms with Crippen LogP contribution in [0.5, 0.6) is 0 Å². The van der Waals surface area contributed by atoms with Gasteiger partial charge in [-0.05, 0) is 30.5 Å². The molecule has 3 N–H and O–H groups in total. The second-order valence-corrected chi connectivity index (χ2v) is 5.80. The third-order valence-corrected chi connectivity index (χ3v) is 4.16. The van der Waals surface area contributed by atoms with Gasteiger partial charge in [-0.15, -0.1) is 0 Å². The number of hydrogen-bond donors (Lipinski definition) is 2. The van der Waals surface area contributed by atoms with E-state index < -0.39 is 0 Å². The molecule has 2 rings (SSSR count). The smallest absolute Gasteiger partial charge is 0.222 e. The Morgan fingerprint density at radius 2 is 2.30 bits per heavy atom. The molecule has 1 amide bonds. The van der Waals surface area contributed by atoms with Gasteiger partial charge in [0.15, 0.2) is 0 Å². The van der Waals surface area contributed by atoms with Crippen LogP contribution >= 0.6 is 11.6 Å². The first-order valence-corrected chi connectivity index (χ1v) is 7.23. The van der Waals surface area contributed by atoms with Crippen molar-refractivity contribution in [2.45, 2.75) is 30.8 Å². The van der Waals surface area contributed by atoms with Crippen LogP contribution in [0.1, 0.15) is 24.8 Å². The van der Waals surface area contributed by atoms with Crippen LogP contribution in [-0.2, 0) is 14.9 Å². The molecule has 0 heterocycles. The minimum absolute atomic E-state index is 0.0180. The molecular weight excluding hydrogens is 276 g/mol. The van der Waals surface area contributed by atoms with Crippen molar-refractivity contribution in [1.82, 2.24) is 5.32 Å². The van der Waals surface area contributed by atoms with E-state index in [-0.39, 0.29) is 17.4 Å². The molecule has 4 nitrogen and oxygen atoms in total. The van der Waals surface area contributed by atoms with E-state index in [1.54, 1.807) is 7.11 Å². The topological polar surface area (TPSA) is 64.3 Å². The van der Waals surface area contributed by atoms with Crippen molar-refractivity contribution in [2.75, 3.05) is 20.2 Å². The predicted octanol–water partition coefficient (Wildman–Crippen LogP) is 1.85. The van der Waals surface area contributed by atoms with Crippen molar-refractivity contribution in [3.8, 4) is 0 Å². The van der Waals surface area contributed by atoms with Crippen molar-refractivity contribution in [2.24, 2.45) is 5.73 Å². The zero-order chi connectivity index (χ0) is 14.6. The SMILES string of the molecule is COC(CN)CC(=O)NCC1(c2cccc(Cl)c2)CC1. The molecular formula is C15H21ClN2O2. The molecule has 0 aliphatic heterocycles. The van der Waals surface area contributed by atoms with Gasteiger partial charge < -0.3 is 15.8 Å². The number of nitrogens with two attached hydrogens (primary N) is 1. The number of nitrogens with one attached hydrogen (secondary N) is 1. The summed E-state index contributed by atoms with van der Waals surface area (Å²) in [5.41, 5.74) is 6.78. The molecule has 1 atom stereocenters. The largest absolute Gasteiger partial charge is 0.380 e. The van der Waals surface area contributed by atoms with Gasteiger partial charge in [0.25, 0.3) is 0 Å². The Hall–Kier alpha value is -1.10. The Balaban J connectivity index is 1.89. The number of carbonyl (C=O) groups is 1. The third kappa shape index (κ3) is 3.72. The minimum Gasteiger partial charge on any atom is -0.380 e. The van der Waals surface area contributed by atoms with E-state index in [1.807, 2.05) is 18.2 Å². The van der Waals surface area contributed by atoms with Gasteiger partial charge in [0.1, 0.15) is 0 Å². The summed E-state index contributed by atoms with van der Waals surface area (Å²) in [7, 11) is 1.57. The molecule has 1 aliphatic rings. The maximum Gasteiger partial charge on any atom is 0.222 e. The third-order valence-electron chi connectivity index (χ3n) is 3.92. The van der Waals surface area contributed by atoms with Crippen LogP contribution in [0, 0.1) is 0 Å². The van der Waals surface area contributed by atoms with Crippen molar-refractivity contribution >= 4 is 17.5 Å². The van der Waals surface area contributed by atoms with Gasteiger partial charge in [-0.25, -0.2) is 0 Å². The van der Waals surface area contributed by atoms with Crippen molar-refractivity contribution in [3.05, 3.63) is 34.9 Å². The highest BCUT2D eigenvalue weighted by Gasteiger charge is 2.44. The lowest BCUT2D eigenvalue weighted by molar-refractivity contribution is -0.123. The average Bonchev–Trinajstić information content (AvgIpc) is 3.24. The number of carbonyl (C=O) groups excluding carboxylic acids is 1. The number of amides is 1. The molecule has 0 saturated heterocycles. The fourth-order valence-corrected chi connectivity index (χ4v) is 2.54. The fourth-order valence-electron chi connectivity index (χ4n) is 2.35. The number of methoxy groups -OCH3 is 1. The number of ether oxygens (including phenoxy) is 1. The average molecular weight is 297 g/mol. The Kier molecular flexibility index (Phi) is 5.02. The van der Waals surface area contributed by atoms with Gasteiger partial charge in [-0.3, -0.25) is 4.79 Å². The van der Waals surface area contributed by atoms with Crippen LogP contribution in [0.2, 0.25) is 5.02 Å². The summed E-state index contributed by atoms with van der Waals surface area (Å²) in [6, 6.07) is 7.88. The zero-order valence-corrected chi connectivity index (χ0v) is 12.5. The first-order chi connectivity index (χ1) is 9.59. The van der Waals surface area contributed by atoms with E-state index in [9.17, 15) is 4.79 Å². The lowest BCUT2D eigenvalue weighted by atomic mass is 9.96. The summed E-state index contributed by atoms with van der Waals surface area (Å²) in [6.07, 6.45) is 2.26. The fraction of sp³-hybridized carbons (Fsp3) is 0.533. The van der Waals surface area contributed by atoms with Crippen LogP contribution in [0.15, 0.2) is 24.3 Å². The lowest BCUT2D eigenvalue weighted by Gasteiger charge is -2.18. The molecule has 0 radical (unpaired) electrons. The molecule has 1 aromatic carbocycles. The number of halogens is 1. The summed E-state index contributed by atoms with van der Waals surface area (Å²) >= 11 is 6.03. The van der Waals surface area contributed by atoms with Crippen LogP contribution < -0.4 is 11.1 Å². The summed E-state index contributed by atoms with van der Waals surface area (Å²) < 4.78 is 5.11. The molecule has 5 heteroatoms. The van der Waals surface area contributed by atoms with Crippen molar-refractivity contribution in [3.63, 3.8) is 0 Å². The summed E-state index contributed by atoms with van der Waals surface area (Å²) in [4.78, 5) is 11.9. The number of rotatable bonds is 7. The van der Waals surface area contributed by atoms with Crippen LogP contribution in [0.4, 0.5) is 0 Å². The van der Waals surface area contributed by atoms with Gasteiger partial charge in [-0.2, -0.15) is 0 Å². The quantitative estimate of drug-likeness (QED) is 0.807. The molecule has 1 fully saturated rings. The monoisotopic (exact) mass is 296 g/mol. The Labute approximate surface area is 124 Å². The van der Waals surface area contributed by atoms with E-state index in [1.165, 1.54) is 5.56 Å². The second kappa shape index (κ2) is 6.57. The highest BCUT2D eigenvalue weighted by Crippen LogP contribution is 2.48. The van der Waals surface area contributed by atoms with Gasteiger partial charge in [0.05, 0.1) is 12.5 Å². The Morgan fingerprint density at radius 3 is 2.85 bits per heavy atom. The number of benzene rings is 1. The van der Waals surface area contributed by atoms with Gasteiger partial charge in [0.2, 0.25) is 5.91 Å². The van der Waals surface area contributed by atoms with Crippen molar-refractivity contribution < 1.29 is 9.53 Å². The molecule has 1 unspecified atom stereocenters. The van der Waals surface area contributed by atoms with E-state index in [4.69, 9.17) is 22.1 Å². The summed E-state index contributed by atoms with van der Waals surface area (Å²) in [6.45, 7) is 0.997. The molecule has 20 heavy (non-hydrogen) atoms. The highest BCUT2D eigenvalue weighted by molar-refractivity contribution is 6.30. The minimum atomic E-state index is -0.212. The van der Waals surface area contributed by atoms with E-state index in [0.717, 1.165) is 17.9 Å². The van der Waals surface area contributed by atoms with E-state index in [2.05, 4.69) is 11.4 Å². The van der Waals surface area contributed by atoms with Gasteiger partial charge >= 0.3 is 0 Å². The Bertz CT molecular complexity index is 471.